The summed E-state index contributed by atoms with van der Waals surface area (Å²) in [6, 6.07) is 9.65. The van der Waals surface area contributed by atoms with E-state index < -0.39 is 5.60 Å². The van der Waals surface area contributed by atoms with Gasteiger partial charge in [-0.3, -0.25) is 4.79 Å². The van der Waals surface area contributed by atoms with Crippen LogP contribution < -0.4 is 4.90 Å². The number of hydrogen-bond donors (Lipinski definition) is 1. The number of halogens is 1. The maximum absolute atomic E-state index is 13.1. The second kappa shape index (κ2) is 7.85. The van der Waals surface area contributed by atoms with Gasteiger partial charge in [0.05, 0.1) is 0 Å². The average molecular weight is 370 g/mol. The Morgan fingerprint density at radius 1 is 1.11 bits per heavy atom. The molecule has 0 spiro atoms. The zero-order chi connectivity index (χ0) is 19.4. The van der Waals surface area contributed by atoms with Gasteiger partial charge in [0.15, 0.2) is 11.5 Å². The molecule has 1 fully saturated rings. The third-order valence-corrected chi connectivity index (χ3v) is 4.28. The van der Waals surface area contributed by atoms with Gasteiger partial charge in [-0.05, 0) is 62.6 Å². The number of amides is 1. The SMILES string of the molecule is CC(C)(O)C#Cc1ccc(C(=O)N2CCCN(c3ccc(F)cc3)CC2)o1. The first-order chi connectivity index (χ1) is 12.8. The summed E-state index contributed by atoms with van der Waals surface area (Å²) in [4.78, 5) is 16.6. The van der Waals surface area contributed by atoms with Crippen molar-refractivity contribution in [3.8, 4) is 11.8 Å². The fourth-order valence-corrected chi connectivity index (χ4v) is 2.92. The van der Waals surface area contributed by atoms with E-state index in [0.29, 0.717) is 25.4 Å². The van der Waals surface area contributed by atoms with E-state index in [0.717, 1.165) is 18.7 Å². The molecule has 1 aromatic carbocycles. The molecule has 1 amide bonds. The normalized spacial score (nSPS) is 15.1. The van der Waals surface area contributed by atoms with Crippen molar-refractivity contribution in [3.63, 3.8) is 0 Å². The Kier molecular flexibility index (Phi) is 5.52. The molecule has 1 aliphatic rings. The predicted molar refractivity (Wildman–Crippen MR) is 101 cm³/mol. The Morgan fingerprint density at radius 2 is 1.85 bits per heavy atom. The fraction of sp³-hybridized carbons (Fsp3) is 0.381. The van der Waals surface area contributed by atoms with Crippen molar-refractivity contribution in [2.24, 2.45) is 0 Å². The summed E-state index contributed by atoms with van der Waals surface area (Å²) in [7, 11) is 0. The highest BCUT2D eigenvalue weighted by Crippen LogP contribution is 2.18. The summed E-state index contributed by atoms with van der Waals surface area (Å²) < 4.78 is 18.6. The lowest BCUT2D eigenvalue weighted by molar-refractivity contribution is 0.0734. The molecule has 2 heterocycles. The molecule has 6 heteroatoms. The number of benzene rings is 1. The second-order valence-electron chi connectivity index (χ2n) is 7.08. The largest absolute Gasteiger partial charge is 0.443 e. The highest BCUT2D eigenvalue weighted by Gasteiger charge is 2.22. The Labute approximate surface area is 158 Å². The minimum absolute atomic E-state index is 0.174. The molecule has 27 heavy (non-hydrogen) atoms. The van der Waals surface area contributed by atoms with Crippen molar-refractivity contribution < 1.29 is 18.7 Å². The minimum atomic E-state index is -1.12. The fourth-order valence-electron chi connectivity index (χ4n) is 2.92. The summed E-state index contributed by atoms with van der Waals surface area (Å²) in [5.41, 5.74) is -0.168. The van der Waals surface area contributed by atoms with Crippen LogP contribution in [0.2, 0.25) is 0 Å². The molecule has 0 unspecified atom stereocenters. The molecule has 0 bridgehead atoms. The van der Waals surface area contributed by atoms with Crippen LogP contribution in [-0.4, -0.2) is 47.7 Å². The minimum Gasteiger partial charge on any atom is -0.443 e. The summed E-state index contributed by atoms with van der Waals surface area (Å²) in [6.07, 6.45) is 0.815. The summed E-state index contributed by atoms with van der Waals surface area (Å²) in [6.45, 7) is 5.82. The molecule has 1 saturated heterocycles. The molecule has 0 atom stereocenters. The zero-order valence-corrected chi connectivity index (χ0v) is 15.5. The van der Waals surface area contributed by atoms with E-state index in [9.17, 15) is 14.3 Å². The van der Waals surface area contributed by atoms with Gasteiger partial charge in [-0.25, -0.2) is 4.39 Å². The van der Waals surface area contributed by atoms with E-state index >= 15 is 0 Å². The van der Waals surface area contributed by atoms with Gasteiger partial charge in [0.25, 0.3) is 5.91 Å². The standard InChI is InChI=1S/C21H23FN2O3/c1-21(2,26)11-10-18-8-9-19(27-18)20(25)24-13-3-12-23(14-15-24)17-6-4-16(22)5-7-17/h4-9,26H,3,12-15H2,1-2H3. The highest BCUT2D eigenvalue weighted by atomic mass is 19.1. The second-order valence-corrected chi connectivity index (χ2v) is 7.08. The smallest absolute Gasteiger partial charge is 0.289 e. The number of rotatable bonds is 2. The molecule has 1 aliphatic heterocycles. The quantitative estimate of drug-likeness (QED) is 0.826. The van der Waals surface area contributed by atoms with Crippen molar-refractivity contribution in [1.29, 1.82) is 0 Å². The maximum Gasteiger partial charge on any atom is 0.289 e. The molecule has 0 aliphatic carbocycles. The van der Waals surface area contributed by atoms with Gasteiger partial charge in [-0.2, -0.15) is 0 Å². The van der Waals surface area contributed by atoms with Crippen LogP contribution in [0.3, 0.4) is 0 Å². The van der Waals surface area contributed by atoms with E-state index in [-0.39, 0.29) is 17.5 Å². The van der Waals surface area contributed by atoms with Crippen LogP contribution in [0.25, 0.3) is 0 Å². The number of hydrogen-bond acceptors (Lipinski definition) is 4. The molecule has 1 aromatic heterocycles. The first-order valence-corrected chi connectivity index (χ1v) is 8.97. The molecule has 2 aromatic rings. The van der Waals surface area contributed by atoms with Crippen LogP contribution in [0.5, 0.6) is 0 Å². The number of furan rings is 1. The van der Waals surface area contributed by atoms with Crippen molar-refractivity contribution >= 4 is 11.6 Å². The number of aliphatic hydroxyl groups is 1. The van der Waals surface area contributed by atoms with Gasteiger partial charge in [-0.1, -0.05) is 5.92 Å². The van der Waals surface area contributed by atoms with Crippen molar-refractivity contribution in [2.75, 3.05) is 31.1 Å². The maximum atomic E-state index is 13.1. The third kappa shape index (κ3) is 5.11. The van der Waals surface area contributed by atoms with E-state index in [2.05, 4.69) is 16.7 Å². The third-order valence-electron chi connectivity index (χ3n) is 4.28. The Bertz CT molecular complexity index is 856. The molecule has 142 valence electrons. The van der Waals surface area contributed by atoms with Gasteiger partial charge < -0.3 is 19.3 Å². The Morgan fingerprint density at radius 3 is 2.56 bits per heavy atom. The average Bonchev–Trinajstić information content (AvgIpc) is 2.96. The first-order valence-electron chi connectivity index (χ1n) is 8.97. The van der Waals surface area contributed by atoms with Crippen molar-refractivity contribution in [2.45, 2.75) is 25.9 Å². The molecule has 0 saturated carbocycles. The van der Waals surface area contributed by atoms with E-state index in [1.165, 1.54) is 12.1 Å². The van der Waals surface area contributed by atoms with E-state index in [1.807, 2.05) is 0 Å². The van der Waals surface area contributed by atoms with Crippen molar-refractivity contribution in [1.82, 2.24) is 4.90 Å². The molecule has 1 N–H and O–H groups in total. The molecular weight excluding hydrogens is 347 g/mol. The van der Waals surface area contributed by atoms with Gasteiger partial charge in [0.1, 0.15) is 11.4 Å². The van der Waals surface area contributed by atoms with Crippen LogP contribution in [0.1, 0.15) is 36.6 Å². The number of nitrogens with zero attached hydrogens (tertiary/aromatic N) is 2. The zero-order valence-electron chi connectivity index (χ0n) is 15.5. The van der Waals surface area contributed by atoms with Crippen LogP contribution in [-0.2, 0) is 0 Å². The molecule has 3 rings (SSSR count). The predicted octanol–water partition coefficient (Wildman–Crippen LogP) is 2.89. The number of anilines is 1. The summed E-state index contributed by atoms with van der Waals surface area (Å²) >= 11 is 0. The van der Waals surface area contributed by atoms with E-state index in [4.69, 9.17) is 4.42 Å². The number of carbonyl (C=O) groups excluding carboxylic acids is 1. The molecule has 0 radical (unpaired) electrons. The topological polar surface area (TPSA) is 56.9 Å². The van der Waals surface area contributed by atoms with Crippen molar-refractivity contribution in [3.05, 3.63) is 53.7 Å². The molecule has 5 nitrogen and oxygen atoms in total. The lowest BCUT2D eigenvalue weighted by Crippen LogP contribution is -2.35. The Hall–Kier alpha value is -2.78. The lowest BCUT2D eigenvalue weighted by atomic mass is 10.1. The van der Waals surface area contributed by atoms with Gasteiger partial charge in [-0.15, -0.1) is 0 Å². The highest BCUT2D eigenvalue weighted by molar-refractivity contribution is 5.91. The van der Waals surface area contributed by atoms with Gasteiger partial charge in [0.2, 0.25) is 0 Å². The monoisotopic (exact) mass is 370 g/mol. The van der Waals surface area contributed by atoms with Gasteiger partial charge >= 0.3 is 0 Å². The van der Waals surface area contributed by atoms with E-state index in [1.54, 1.807) is 43.0 Å². The van der Waals surface area contributed by atoms with Crippen LogP contribution in [0.4, 0.5) is 10.1 Å². The Balaban J connectivity index is 1.65. The molecular formula is C21H23FN2O3. The lowest BCUT2D eigenvalue weighted by Gasteiger charge is -2.23. The van der Waals surface area contributed by atoms with Crippen LogP contribution in [0.15, 0.2) is 40.8 Å². The van der Waals surface area contributed by atoms with Crippen LogP contribution in [0, 0.1) is 17.7 Å². The van der Waals surface area contributed by atoms with Gasteiger partial charge in [0, 0.05) is 31.9 Å². The van der Waals surface area contributed by atoms with Crippen LogP contribution >= 0.6 is 0 Å². The first kappa shape index (κ1) is 19.0. The summed E-state index contributed by atoms with van der Waals surface area (Å²) in [5.74, 6) is 5.55. The summed E-state index contributed by atoms with van der Waals surface area (Å²) in [5, 5.41) is 9.65. The number of carbonyl (C=O) groups is 1.